The van der Waals surface area contributed by atoms with Crippen molar-refractivity contribution in [3.8, 4) is 0 Å². The van der Waals surface area contributed by atoms with Crippen LogP contribution in [0.1, 0.15) is 78.4 Å². The lowest BCUT2D eigenvalue weighted by atomic mass is 9.81. The van der Waals surface area contributed by atoms with E-state index in [4.69, 9.17) is 25.8 Å². The van der Waals surface area contributed by atoms with Gasteiger partial charge >= 0.3 is 12.1 Å². The quantitative estimate of drug-likeness (QED) is 0.0800. The van der Waals surface area contributed by atoms with Gasteiger partial charge in [-0.1, -0.05) is 83.8 Å². The van der Waals surface area contributed by atoms with Crippen LogP contribution in [-0.4, -0.2) is 125 Å². The van der Waals surface area contributed by atoms with Gasteiger partial charge in [0, 0.05) is 57.3 Å². The number of halogens is 1. The first-order valence-electron chi connectivity index (χ1n) is 20.1. The third-order valence-electron chi connectivity index (χ3n) is 11.6. The number of allylic oxidation sites excluding steroid dienone is 3. The van der Waals surface area contributed by atoms with Crippen molar-refractivity contribution >= 4 is 68.7 Å². The first-order valence-corrected chi connectivity index (χ1v) is 22.9. The predicted molar refractivity (Wildman–Crippen MR) is 232 cm³/mol. The number of carbonyl (C=O) groups is 5. The Morgan fingerprint density at radius 3 is 2.57 bits per heavy atom. The third-order valence-corrected chi connectivity index (χ3v) is 14.9. The van der Waals surface area contributed by atoms with Crippen LogP contribution in [0.15, 0.2) is 35.9 Å². The fourth-order valence-electron chi connectivity index (χ4n) is 7.47. The molecule has 4 rings (SSSR count). The van der Waals surface area contributed by atoms with E-state index < -0.39 is 77.5 Å². The Morgan fingerprint density at radius 1 is 1.22 bits per heavy atom. The molecule has 3 aliphatic rings. The van der Waals surface area contributed by atoms with Crippen molar-refractivity contribution in [1.29, 1.82) is 0 Å². The first kappa shape index (κ1) is 49.3. The van der Waals surface area contributed by atoms with Crippen molar-refractivity contribution in [3.05, 3.63) is 52.1 Å². The van der Waals surface area contributed by atoms with E-state index in [2.05, 4.69) is 10.6 Å². The van der Waals surface area contributed by atoms with Gasteiger partial charge in [0.05, 0.1) is 41.9 Å². The summed E-state index contributed by atoms with van der Waals surface area (Å²) >= 11 is 6.76. The third kappa shape index (κ3) is 11.8. The molecule has 15 nitrogen and oxygen atoms in total. The standard InChI is InChI=1S/C42H61ClN4O11S2/c1-24-12-10-13-29(22-49)42(55)20-31(56-39(54)45-42)25(2)36-41(6,58-36)32(19-34(51)47(9)30-18-27(16-24)17-28(21-48)35(30)43)57-37(52)26(3)46(8)38(53)40(4,5)23-60-59-15-11-14-33(50)44-7/h10,12-13,17-18,25-26,29,31-32,36,48-49,55H,11,14-16,19-23H2,1-9H3,(H,44,50)(H,45,54)/b13-10+,24-12+/t25-,26+,29+,31+,32+,36+,41+,42+/m1/s1. The van der Waals surface area contributed by atoms with Crippen LogP contribution >= 0.6 is 33.2 Å². The number of fused-ring (bicyclic) bond motifs is 5. The molecule has 3 heterocycles. The molecule has 18 heteroatoms. The van der Waals surface area contributed by atoms with Crippen LogP contribution in [0.25, 0.3) is 0 Å². The maximum absolute atomic E-state index is 14.3. The number of amides is 4. The second-order valence-corrected chi connectivity index (χ2v) is 19.8. The van der Waals surface area contributed by atoms with Gasteiger partial charge < -0.3 is 44.6 Å². The molecule has 334 valence electrons. The molecule has 0 aliphatic carbocycles. The number of hydrogen-bond donors (Lipinski definition) is 5. The number of esters is 1. The van der Waals surface area contributed by atoms with Crippen molar-refractivity contribution in [2.24, 2.45) is 17.3 Å². The van der Waals surface area contributed by atoms with Gasteiger partial charge in [0.15, 0.2) is 5.72 Å². The van der Waals surface area contributed by atoms with Gasteiger partial charge in [-0.15, -0.1) is 0 Å². The number of alkyl carbamates (subject to hydrolysis) is 1. The zero-order valence-electron chi connectivity index (χ0n) is 35.9. The lowest BCUT2D eigenvalue weighted by molar-refractivity contribution is -0.163. The number of nitrogens with one attached hydrogen (secondary N) is 2. The van der Waals surface area contributed by atoms with Crippen molar-refractivity contribution in [1.82, 2.24) is 15.5 Å². The number of aliphatic hydroxyl groups is 3. The average Bonchev–Trinajstić information content (AvgIpc) is 3.90. The Morgan fingerprint density at radius 2 is 1.92 bits per heavy atom. The van der Waals surface area contributed by atoms with E-state index in [1.165, 1.54) is 34.7 Å². The highest BCUT2D eigenvalue weighted by molar-refractivity contribution is 8.76. The van der Waals surface area contributed by atoms with Crippen LogP contribution in [0, 0.1) is 17.3 Å². The van der Waals surface area contributed by atoms with Gasteiger partial charge in [-0.05, 0) is 50.8 Å². The minimum absolute atomic E-state index is 0.0278. The Bertz CT molecular complexity index is 1830. The van der Waals surface area contributed by atoms with Gasteiger partial charge in [-0.2, -0.15) is 0 Å². The van der Waals surface area contributed by atoms with Gasteiger partial charge in [0.2, 0.25) is 17.7 Å². The van der Waals surface area contributed by atoms with Gasteiger partial charge in [0.25, 0.3) is 0 Å². The van der Waals surface area contributed by atoms with E-state index >= 15 is 0 Å². The monoisotopic (exact) mass is 896 g/mol. The molecular weight excluding hydrogens is 836 g/mol. The number of nitrogens with zero attached hydrogens (tertiary/aromatic N) is 2. The van der Waals surface area contributed by atoms with Crippen molar-refractivity contribution < 1.29 is 53.5 Å². The molecule has 4 bridgehead atoms. The molecule has 3 aliphatic heterocycles. The summed E-state index contributed by atoms with van der Waals surface area (Å²) in [6.45, 7) is 9.59. The van der Waals surface area contributed by atoms with E-state index in [1.54, 1.807) is 82.8 Å². The number of likely N-dealkylation sites (N-methyl/N-ethyl adjacent to an activating group) is 1. The summed E-state index contributed by atoms with van der Waals surface area (Å²) < 4.78 is 18.1. The van der Waals surface area contributed by atoms with Crippen molar-refractivity contribution in [3.63, 3.8) is 0 Å². The van der Waals surface area contributed by atoms with Crippen LogP contribution in [0.5, 0.6) is 0 Å². The SMILES string of the molecule is CNC(=O)CCCSSCC(C)(C)C(=O)N(C)[C@@H](C)C(=O)O[C@H]1CC(=O)N(C)c2cc(cc(CO)c2Cl)C/C(C)=C/C=C/[C@@H](CO)[C@@]2(O)C[C@H](OC(=O)N2)[C@@H](C)[C@@H]2O[C@@]12C. The normalized spacial score (nSPS) is 29.2. The minimum Gasteiger partial charge on any atom is -0.457 e. The predicted octanol–water partition coefficient (Wildman–Crippen LogP) is 4.53. The highest BCUT2D eigenvalue weighted by Crippen LogP contribution is 2.49. The molecule has 4 amide bonds. The molecule has 0 spiro atoms. The molecular formula is C42H61ClN4O11S2. The number of epoxide rings is 1. The van der Waals surface area contributed by atoms with E-state index in [1.807, 2.05) is 6.92 Å². The molecule has 0 aromatic heterocycles. The van der Waals surface area contributed by atoms with E-state index in [-0.39, 0.29) is 36.3 Å². The van der Waals surface area contributed by atoms with Crippen molar-refractivity contribution in [2.45, 2.75) is 116 Å². The molecule has 2 saturated heterocycles. The summed E-state index contributed by atoms with van der Waals surface area (Å²) in [7, 11) is 7.74. The smallest absolute Gasteiger partial charge is 0.409 e. The molecule has 0 radical (unpaired) electrons. The molecule has 1 aromatic rings. The highest BCUT2D eigenvalue weighted by Gasteiger charge is 2.64. The highest BCUT2D eigenvalue weighted by atomic mass is 35.5. The number of anilines is 1. The minimum atomic E-state index is -1.88. The molecule has 0 saturated carbocycles. The fourth-order valence-corrected chi connectivity index (χ4v) is 10.5. The number of aliphatic hydroxyl groups excluding tert-OH is 2. The van der Waals surface area contributed by atoms with Crippen LogP contribution in [0.2, 0.25) is 5.02 Å². The maximum atomic E-state index is 14.3. The van der Waals surface area contributed by atoms with Crippen LogP contribution in [0.4, 0.5) is 10.5 Å². The van der Waals surface area contributed by atoms with Crippen LogP contribution in [-0.2, 0) is 46.4 Å². The molecule has 8 atom stereocenters. The summed E-state index contributed by atoms with van der Waals surface area (Å²) in [5.41, 5.74) is -1.68. The lowest BCUT2D eigenvalue weighted by Gasteiger charge is -2.42. The van der Waals surface area contributed by atoms with Crippen LogP contribution < -0.4 is 15.5 Å². The number of hydrogen-bond acceptors (Lipinski definition) is 13. The second kappa shape index (κ2) is 20.7. The van der Waals surface area contributed by atoms with Gasteiger partial charge in [0.1, 0.15) is 23.9 Å². The van der Waals surface area contributed by atoms with Gasteiger partial charge in [-0.3, -0.25) is 19.7 Å². The molecule has 5 N–H and O–H groups in total. The number of carbonyl (C=O) groups excluding carboxylic acids is 5. The number of benzene rings is 1. The summed E-state index contributed by atoms with van der Waals surface area (Å²) in [5.74, 6) is -1.90. The van der Waals surface area contributed by atoms with E-state index in [9.17, 15) is 39.3 Å². The number of ether oxygens (including phenoxy) is 3. The van der Waals surface area contributed by atoms with E-state index in [0.717, 1.165) is 16.9 Å². The van der Waals surface area contributed by atoms with Gasteiger partial charge in [-0.25, -0.2) is 9.59 Å². The topological polar surface area (TPSA) is 208 Å². The maximum Gasteiger partial charge on any atom is 0.409 e. The Hall–Kier alpha value is -3.32. The largest absolute Gasteiger partial charge is 0.457 e. The van der Waals surface area contributed by atoms with Crippen LogP contribution in [0.3, 0.4) is 0 Å². The summed E-state index contributed by atoms with van der Waals surface area (Å²) in [5, 5.41) is 37.6. The Balaban J connectivity index is 1.64. The van der Waals surface area contributed by atoms with Crippen molar-refractivity contribution in [2.75, 3.05) is 44.2 Å². The Labute approximate surface area is 365 Å². The second-order valence-electron chi connectivity index (χ2n) is 16.8. The summed E-state index contributed by atoms with van der Waals surface area (Å²) in [4.78, 5) is 69.2. The summed E-state index contributed by atoms with van der Waals surface area (Å²) in [6, 6.07) is 2.42. The zero-order valence-corrected chi connectivity index (χ0v) is 38.3. The first-order chi connectivity index (χ1) is 28.1. The summed E-state index contributed by atoms with van der Waals surface area (Å²) in [6.07, 6.45) is 2.42. The average molecular weight is 898 g/mol. The zero-order chi connectivity index (χ0) is 44.7. The van der Waals surface area contributed by atoms with E-state index in [0.29, 0.717) is 36.3 Å². The number of rotatable bonds is 13. The molecule has 0 unspecified atom stereocenters. The fraction of sp³-hybridized carbons (Fsp3) is 0.643. The molecule has 2 fully saturated rings. The molecule has 1 aromatic carbocycles. The molecule has 60 heavy (non-hydrogen) atoms. The Kier molecular flexibility index (Phi) is 17.0. The lowest BCUT2D eigenvalue weighted by Crippen LogP contribution is -2.62.